The molecule has 1 aliphatic rings. The summed E-state index contributed by atoms with van der Waals surface area (Å²) in [6, 6.07) is 16.5. The van der Waals surface area contributed by atoms with Gasteiger partial charge >= 0.3 is 6.09 Å². The van der Waals surface area contributed by atoms with Crippen molar-refractivity contribution in [2.24, 2.45) is 0 Å². The molecule has 1 saturated heterocycles. The molecule has 0 radical (unpaired) electrons. The summed E-state index contributed by atoms with van der Waals surface area (Å²) in [6.07, 6.45) is 5.83. The Bertz CT molecular complexity index is 1370. The van der Waals surface area contributed by atoms with Crippen molar-refractivity contribution in [1.29, 1.82) is 0 Å². The van der Waals surface area contributed by atoms with Crippen LogP contribution in [0.15, 0.2) is 85.5 Å². The van der Waals surface area contributed by atoms with Gasteiger partial charge in [0.2, 0.25) is 0 Å². The van der Waals surface area contributed by atoms with Crippen molar-refractivity contribution in [3.63, 3.8) is 0 Å². The number of carbonyl (C=O) groups excluding carboxylic acids is 1. The Morgan fingerprint density at radius 3 is 2.38 bits per heavy atom. The number of cyclic esters (lactones) is 1. The number of ether oxygens (including phenoxy) is 1. The topological polar surface area (TPSA) is 47.4 Å². The second-order valence-electron chi connectivity index (χ2n) is 9.29. The Hall–Kier alpha value is -4.07. The predicted octanol–water partition coefficient (Wildman–Crippen LogP) is 6.86. The Morgan fingerprint density at radius 2 is 1.73 bits per heavy atom. The number of benzene rings is 3. The zero-order chi connectivity index (χ0) is 26.0. The lowest BCUT2D eigenvalue weighted by molar-refractivity contribution is -0.0675. The number of halogens is 3. The van der Waals surface area contributed by atoms with Crippen molar-refractivity contribution in [2.45, 2.75) is 38.0 Å². The van der Waals surface area contributed by atoms with Crippen LogP contribution >= 0.6 is 0 Å². The van der Waals surface area contributed by atoms with Crippen LogP contribution in [-0.2, 0) is 16.9 Å². The Morgan fingerprint density at radius 1 is 1.00 bits per heavy atom. The molecule has 2 unspecified atom stereocenters. The minimum absolute atomic E-state index is 0.292. The van der Waals surface area contributed by atoms with E-state index < -0.39 is 23.3 Å². The van der Waals surface area contributed by atoms with Crippen molar-refractivity contribution in [1.82, 2.24) is 14.5 Å². The lowest BCUT2D eigenvalue weighted by atomic mass is 9.85. The molecular weight excluding hydrogens is 479 g/mol. The van der Waals surface area contributed by atoms with Gasteiger partial charge in [-0.2, -0.15) is 0 Å². The second-order valence-corrected chi connectivity index (χ2v) is 9.29. The number of aryl methyl sites for hydroxylation is 1. The van der Waals surface area contributed by atoms with E-state index in [0.717, 1.165) is 17.2 Å². The van der Waals surface area contributed by atoms with Gasteiger partial charge in [-0.05, 0) is 47.9 Å². The summed E-state index contributed by atoms with van der Waals surface area (Å²) >= 11 is 0. The lowest BCUT2D eigenvalue weighted by Crippen LogP contribution is -2.49. The molecule has 4 aromatic rings. The van der Waals surface area contributed by atoms with E-state index in [1.165, 1.54) is 24.3 Å². The average Bonchev–Trinajstić information content (AvgIpc) is 3.42. The van der Waals surface area contributed by atoms with Crippen molar-refractivity contribution in [3.05, 3.63) is 114 Å². The van der Waals surface area contributed by atoms with Crippen LogP contribution in [0.3, 0.4) is 0 Å². The highest BCUT2D eigenvalue weighted by Crippen LogP contribution is 2.40. The van der Waals surface area contributed by atoms with Crippen LogP contribution in [0.1, 0.15) is 36.9 Å². The Balaban J connectivity index is 1.34. The summed E-state index contributed by atoms with van der Waals surface area (Å²) in [6.45, 7) is 2.93. The molecule has 1 amide bonds. The second kappa shape index (κ2) is 10.1. The van der Waals surface area contributed by atoms with Gasteiger partial charge in [0, 0.05) is 50.0 Å². The van der Waals surface area contributed by atoms with Crippen LogP contribution in [-0.4, -0.2) is 27.1 Å². The van der Waals surface area contributed by atoms with E-state index in [1.54, 1.807) is 41.7 Å². The molecular formula is C29H26F3N3O2. The molecule has 1 aromatic heterocycles. The Kier molecular flexibility index (Phi) is 6.74. The van der Waals surface area contributed by atoms with Crippen LogP contribution in [0.4, 0.5) is 18.0 Å². The fraction of sp³-hybridized carbons (Fsp3) is 0.241. The highest BCUT2D eigenvalue weighted by molar-refractivity contribution is 5.70. The van der Waals surface area contributed by atoms with E-state index in [-0.39, 0.29) is 11.9 Å². The largest absolute Gasteiger partial charge is 0.438 e. The zero-order valence-electron chi connectivity index (χ0n) is 20.3. The van der Waals surface area contributed by atoms with E-state index >= 15 is 0 Å². The van der Waals surface area contributed by atoms with Gasteiger partial charge in [0.1, 0.15) is 23.1 Å². The molecule has 190 valence electrons. The monoisotopic (exact) mass is 505 g/mol. The van der Waals surface area contributed by atoms with Gasteiger partial charge in [-0.3, -0.25) is 0 Å². The third-order valence-electron chi connectivity index (χ3n) is 7.08. The van der Waals surface area contributed by atoms with Crippen molar-refractivity contribution in [3.8, 4) is 11.1 Å². The minimum Gasteiger partial charge on any atom is -0.438 e. The summed E-state index contributed by atoms with van der Waals surface area (Å²) < 4.78 is 49.1. The molecule has 1 fully saturated rings. The number of imidazole rings is 1. The summed E-state index contributed by atoms with van der Waals surface area (Å²) in [4.78, 5) is 19.0. The molecule has 0 aliphatic carbocycles. The first-order chi connectivity index (χ1) is 17.8. The summed E-state index contributed by atoms with van der Waals surface area (Å²) in [7, 11) is 0. The number of aromatic nitrogens is 2. The van der Waals surface area contributed by atoms with Crippen LogP contribution in [0.25, 0.3) is 11.1 Å². The van der Waals surface area contributed by atoms with Crippen LogP contribution in [0.2, 0.25) is 0 Å². The lowest BCUT2D eigenvalue weighted by Gasteiger charge is -2.43. The SMILES string of the molecule is CC(c1ccc(-c2ccc(F)cc2F)cc1)N1CCC(CCn2ccnc2)(c2ccc(F)cc2)OC1=O. The molecule has 0 bridgehead atoms. The van der Waals surface area contributed by atoms with E-state index in [0.29, 0.717) is 37.1 Å². The van der Waals surface area contributed by atoms with Gasteiger partial charge < -0.3 is 14.2 Å². The maximum absolute atomic E-state index is 14.2. The number of hydrogen-bond acceptors (Lipinski definition) is 3. The number of nitrogens with zero attached hydrogens (tertiary/aromatic N) is 3. The smallest absolute Gasteiger partial charge is 0.411 e. The third kappa shape index (κ3) is 5.09. The summed E-state index contributed by atoms with van der Waals surface area (Å²) in [5.41, 5.74) is 1.63. The van der Waals surface area contributed by atoms with Gasteiger partial charge in [-0.1, -0.05) is 36.4 Å². The molecule has 1 aliphatic heterocycles. The fourth-order valence-electron chi connectivity index (χ4n) is 4.87. The van der Waals surface area contributed by atoms with Gasteiger partial charge in [0.15, 0.2) is 0 Å². The Labute approximate surface area is 213 Å². The van der Waals surface area contributed by atoms with Crippen molar-refractivity contribution >= 4 is 6.09 Å². The van der Waals surface area contributed by atoms with E-state index in [2.05, 4.69) is 4.98 Å². The number of carbonyl (C=O) groups is 1. The van der Waals surface area contributed by atoms with Crippen LogP contribution < -0.4 is 0 Å². The maximum Gasteiger partial charge on any atom is 0.411 e. The van der Waals surface area contributed by atoms with Crippen molar-refractivity contribution < 1.29 is 22.7 Å². The number of rotatable bonds is 7. The number of amides is 1. The molecule has 2 atom stereocenters. The zero-order valence-corrected chi connectivity index (χ0v) is 20.3. The molecule has 0 N–H and O–H groups in total. The predicted molar refractivity (Wildman–Crippen MR) is 133 cm³/mol. The van der Waals surface area contributed by atoms with E-state index in [4.69, 9.17) is 4.74 Å². The van der Waals surface area contributed by atoms with Crippen LogP contribution in [0.5, 0.6) is 0 Å². The summed E-state index contributed by atoms with van der Waals surface area (Å²) in [5, 5.41) is 0. The average molecular weight is 506 g/mol. The van der Waals surface area contributed by atoms with Crippen LogP contribution in [0, 0.1) is 17.5 Å². The normalized spacial score (nSPS) is 18.5. The van der Waals surface area contributed by atoms with Gasteiger partial charge in [0.25, 0.3) is 0 Å². The maximum atomic E-state index is 14.2. The molecule has 0 saturated carbocycles. The first-order valence-electron chi connectivity index (χ1n) is 12.1. The molecule has 8 heteroatoms. The molecule has 5 nitrogen and oxygen atoms in total. The standard InChI is InChI=1S/C29H26F3N3O2/c1-20(21-2-4-22(5-3-21)26-11-10-25(31)18-27(26)32)35-16-13-29(37-28(35)36,12-15-34-17-14-33-19-34)23-6-8-24(30)9-7-23/h2-11,14,17-20H,12-13,15-16H2,1H3. The minimum atomic E-state index is -0.894. The highest BCUT2D eigenvalue weighted by atomic mass is 19.1. The third-order valence-corrected chi connectivity index (χ3v) is 7.08. The van der Waals surface area contributed by atoms with Gasteiger partial charge in [-0.25, -0.2) is 22.9 Å². The molecule has 5 rings (SSSR count). The molecule has 0 spiro atoms. The van der Waals surface area contributed by atoms with E-state index in [9.17, 15) is 18.0 Å². The molecule has 3 aromatic carbocycles. The highest BCUT2D eigenvalue weighted by Gasteiger charge is 2.43. The van der Waals surface area contributed by atoms with Gasteiger partial charge in [-0.15, -0.1) is 0 Å². The van der Waals surface area contributed by atoms with E-state index in [1.807, 2.05) is 29.8 Å². The first kappa shape index (κ1) is 24.6. The molecule has 2 heterocycles. The quantitative estimate of drug-likeness (QED) is 0.276. The number of hydrogen-bond donors (Lipinski definition) is 0. The fourth-order valence-corrected chi connectivity index (χ4v) is 4.87. The summed E-state index contributed by atoms with van der Waals surface area (Å²) in [5.74, 6) is -1.61. The van der Waals surface area contributed by atoms with Crippen molar-refractivity contribution in [2.75, 3.05) is 6.54 Å². The molecule has 37 heavy (non-hydrogen) atoms. The first-order valence-corrected chi connectivity index (χ1v) is 12.1. The van der Waals surface area contributed by atoms with Gasteiger partial charge in [0.05, 0.1) is 12.4 Å².